The van der Waals surface area contributed by atoms with Crippen LogP contribution in [0.3, 0.4) is 0 Å². The number of carbonyl (C=O) groups excluding carboxylic acids is 1. The maximum absolute atomic E-state index is 12.1. The summed E-state index contributed by atoms with van der Waals surface area (Å²) in [5, 5.41) is 11.0. The molecule has 1 aliphatic rings. The van der Waals surface area contributed by atoms with Gasteiger partial charge in [-0.25, -0.2) is 0 Å². The lowest BCUT2D eigenvalue weighted by molar-refractivity contribution is -0.384. The molecule has 0 bridgehead atoms. The number of carbonyl (C=O) groups is 1. The molecule has 6 nitrogen and oxygen atoms in total. The summed E-state index contributed by atoms with van der Waals surface area (Å²) in [5.74, 6) is 0.896. The number of nitrogens with zero attached hydrogens (tertiary/aromatic N) is 2. The van der Waals surface area contributed by atoms with Crippen molar-refractivity contribution in [2.24, 2.45) is 5.92 Å². The first kappa shape index (κ1) is 17.0. The van der Waals surface area contributed by atoms with Crippen LogP contribution >= 0.6 is 0 Å². The molecule has 1 aliphatic heterocycles. The Kier molecular flexibility index (Phi) is 4.70. The van der Waals surface area contributed by atoms with E-state index in [0.717, 1.165) is 24.1 Å². The van der Waals surface area contributed by atoms with Gasteiger partial charge >= 0.3 is 0 Å². The zero-order chi connectivity index (χ0) is 18.0. The van der Waals surface area contributed by atoms with E-state index in [1.165, 1.54) is 12.1 Å². The highest BCUT2D eigenvalue weighted by Gasteiger charge is 2.27. The Morgan fingerprint density at radius 3 is 2.72 bits per heavy atom. The highest BCUT2D eigenvalue weighted by Crippen LogP contribution is 2.33. The summed E-state index contributed by atoms with van der Waals surface area (Å²) in [6, 6.07) is 12.2. The molecule has 130 valence electrons. The topological polar surface area (TPSA) is 72.7 Å². The van der Waals surface area contributed by atoms with Crippen LogP contribution in [0.25, 0.3) is 11.1 Å². The Morgan fingerprint density at radius 2 is 2.08 bits per heavy atom. The van der Waals surface area contributed by atoms with Gasteiger partial charge in [0, 0.05) is 36.7 Å². The molecule has 0 aromatic heterocycles. The molecule has 1 unspecified atom stereocenters. The molecule has 0 N–H and O–H groups in total. The third kappa shape index (κ3) is 3.47. The molecule has 0 saturated carbocycles. The molecular formula is C19H20N2O4. The Labute approximate surface area is 146 Å². The van der Waals surface area contributed by atoms with Gasteiger partial charge in [-0.15, -0.1) is 0 Å². The third-order valence-corrected chi connectivity index (χ3v) is 4.57. The summed E-state index contributed by atoms with van der Waals surface area (Å²) in [6.07, 6.45) is 0.882. The van der Waals surface area contributed by atoms with Crippen LogP contribution in [-0.2, 0) is 11.3 Å². The van der Waals surface area contributed by atoms with Gasteiger partial charge in [-0.3, -0.25) is 14.9 Å². The molecular weight excluding hydrogens is 320 g/mol. The normalized spacial score (nSPS) is 17.0. The Hall–Kier alpha value is -2.89. The molecule has 0 spiro atoms. The van der Waals surface area contributed by atoms with Crippen LogP contribution in [0.1, 0.15) is 18.9 Å². The Bertz CT molecular complexity index is 819. The van der Waals surface area contributed by atoms with E-state index < -0.39 is 4.92 Å². The van der Waals surface area contributed by atoms with Gasteiger partial charge in [0.1, 0.15) is 5.75 Å². The van der Waals surface area contributed by atoms with Crippen molar-refractivity contribution in [3.8, 4) is 16.9 Å². The summed E-state index contributed by atoms with van der Waals surface area (Å²) in [5.41, 5.74) is 2.51. The second-order valence-electron chi connectivity index (χ2n) is 6.29. The second-order valence-corrected chi connectivity index (χ2v) is 6.29. The number of nitro groups is 1. The number of nitro benzene ring substituents is 1. The number of rotatable bonds is 5. The molecule has 1 fully saturated rings. The highest BCUT2D eigenvalue weighted by atomic mass is 16.6. The molecule has 6 heteroatoms. The van der Waals surface area contributed by atoms with E-state index in [4.69, 9.17) is 4.74 Å². The van der Waals surface area contributed by atoms with Gasteiger partial charge in [0.25, 0.3) is 5.69 Å². The summed E-state index contributed by atoms with van der Waals surface area (Å²) in [6.45, 7) is 3.25. The Morgan fingerprint density at radius 1 is 1.28 bits per heavy atom. The average Bonchev–Trinajstić information content (AvgIpc) is 2.94. The number of hydrogen-bond donors (Lipinski definition) is 0. The van der Waals surface area contributed by atoms with Gasteiger partial charge in [-0.2, -0.15) is 0 Å². The van der Waals surface area contributed by atoms with Crippen molar-refractivity contribution >= 4 is 11.6 Å². The first-order chi connectivity index (χ1) is 12.0. The molecule has 1 saturated heterocycles. The van der Waals surface area contributed by atoms with Gasteiger partial charge in [-0.1, -0.05) is 25.1 Å². The fourth-order valence-corrected chi connectivity index (χ4v) is 3.14. The van der Waals surface area contributed by atoms with Crippen molar-refractivity contribution in [1.82, 2.24) is 4.90 Å². The molecule has 2 aromatic carbocycles. The predicted octanol–water partition coefficient (Wildman–Crippen LogP) is 3.64. The lowest BCUT2D eigenvalue weighted by Gasteiger charge is -2.18. The first-order valence-corrected chi connectivity index (χ1v) is 8.20. The summed E-state index contributed by atoms with van der Waals surface area (Å²) >= 11 is 0. The first-order valence-electron chi connectivity index (χ1n) is 8.20. The number of benzene rings is 2. The standard InChI is InChI=1S/C19H20N2O4/c1-13-8-9-20(19(13)22)12-14-6-7-18(25-2)17(10-14)15-4-3-5-16(11-15)21(23)24/h3-7,10-11,13H,8-9,12H2,1-2H3. The zero-order valence-electron chi connectivity index (χ0n) is 14.3. The molecule has 3 rings (SSSR count). The van der Waals surface area contributed by atoms with Crippen LogP contribution in [0.2, 0.25) is 0 Å². The minimum atomic E-state index is -0.413. The molecule has 1 heterocycles. The molecule has 1 amide bonds. The van der Waals surface area contributed by atoms with Crippen LogP contribution in [-0.4, -0.2) is 29.4 Å². The third-order valence-electron chi connectivity index (χ3n) is 4.57. The molecule has 0 aliphatic carbocycles. The lowest BCUT2D eigenvalue weighted by Crippen LogP contribution is -2.26. The number of likely N-dealkylation sites (tertiary alicyclic amines) is 1. The predicted molar refractivity (Wildman–Crippen MR) is 94.3 cm³/mol. The molecule has 0 radical (unpaired) electrons. The highest BCUT2D eigenvalue weighted by molar-refractivity contribution is 5.80. The van der Waals surface area contributed by atoms with E-state index >= 15 is 0 Å². The quantitative estimate of drug-likeness (QED) is 0.615. The lowest BCUT2D eigenvalue weighted by atomic mass is 10.0. The van der Waals surface area contributed by atoms with E-state index in [2.05, 4.69) is 0 Å². The maximum Gasteiger partial charge on any atom is 0.270 e. The van der Waals surface area contributed by atoms with Gasteiger partial charge in [0.05, 0.1) is 12.0 Å². The maximum atomic E-state index is 12.1. The van der Waals surface area contributed by atoms with Crippen molar-refractivity contribution in [3.05, 3.63) is 58.1 Å². The van der Waals surface area contributed by atoms with Crippen molar-refractivity contribution in [2.45, 2.75) is 19.9 Å². The number of ether oxygens (including phenoxy) is 1. The van der Waals surface area contributed by atoms with Crippen LogP contribution in [0, 0.1) is 16.0 Å². The van der Waals surface area contributed by atoms with Crippen molar-refractivity contribution in [1.29, 1.82) is 0 Å². The largest absolute Gasteiger partial charge is 0.496 e. The van der Waals surface area contributed by atoms with Crippen molar-refractivity contribution in [2.75, 3.05) is 13.7 Å². The van der Waals surface area contributed by atoms with E-state index in [-0.39, 0.29) is 17.5 Å². The molecule has 25 heavy (non-hydrogen) atoms. The van der Waals surface area contributed by atoms with Crippen LogP contribution in [0.15, 0.2) is 42.5 Å². The Balaban J connectivity index is 1.94. The fraction of sp³-hybridized carbons (Fsp3) is 0.316. The van der Waals surface area contributed by atoms with Gasteiger partial charge < -0.3 is 9.64 Å². The number of methoxy groups -OCH3 is 1. The number of hydrogen-bond acceptors (Lipinski definition) is 4. The van der Waals surface area contributed by atoms with E-state index in [1.54, 1.807) is 13.2 Å². The summed E-state index contributed by atoms with van der Waals surface area (Å²) < 4.78 is 5.41. The van der Waals surface area contributed by atoms with Crippen LogP contribution in [0.5, 0.6) is 5.75 Å². The van der Waals surface area contributed by atoms with E-state index in [0.29, 0.717) is 17.9 Å². The SMILES string of the molecule is COc1ccc(CN2CCC(C)C2=O)cc1-c1cccc([N+](=O)[O-])c1. The molecule has 2 aromatic rings. The van der Waals surface area contributed by atoms with Gasteiger partial charge in [-0.05, 0) is 29.7 Å². The number of non-ortho nitro benzene ring substituents is 1. The van der Waals surface area contributed by atoms with E-state index in [1.807, 2.05) is 36.1 Å². The number of amides is 1. The fourth-order valence-electron chi connectivity index (χ4n) is 3.14. The summed E-state index contributed by atoms with van der Waals surface area (Å²) in [7, 11) is 1.57. The van der Waals surface area contributed by atoms with Crippen LogP contribution in [0.4, 0.5) is 5.69 Å². The zero-order valence-corrected chi connectivity index (χ0v) is 14.3. The van der Waals surface area contributed by atoms with Crippen LogP contribution < -0.4 is 4.74 Å². The van der Waals surface area contributed by atoms with Gasteiger partial charge in [0.15, 0.2) is 0 Å². The van der Waals surface area contributed by atoms with Gasteiger partial charge in [0.2, 0.25) is 5.91 Å². The molecule has 1 atom stereocenters. The van der Waals surface area contributed by atoms with Crippen molar-refractivity contribution < 1.29 is 14.5 Å². The van der Waals surface area contributed by atoms with E-state index in [9.17, 15) is 14.9 Å². The minimum Gasteiger partial charge on any atom is -0.496 e. The summed E-state index contributed by atoms with van der Waals surface area (Å²) in [4.78, 5) is 24.6. The monoisotopic (exact) mass is 340 g/mol. The second kappa shape index (κ2) is 6.93. The smallest absolute Gasteiger partial charge is 0.270 e. The van der Waals surface area contributed by atoms with Crippen molar-refractivity contribution in [3.63, 3.8) is 0 Å². The average molecular weight is 340 g/mol. The minimum absolute atomic E-state index is 0.0356.